The molecule has 29 heavy (non-hydrogen) atoms. The third-order valence-electron chi connectivity index (χ3n) is 5.71. The Hall–Kier alpha value is -3.03. The van der Waals surface area contributed by atoms with Crippen LogP contribution in [0.15, 0.2) is 24.5 Å². The fourth-order valence-electron chi connectivity index (χ4n) is 4.22. The molecule has 0 unspecified atom stereocenters. The molecule has 0 bridgehead atoms. The van der Waals surface area contributed by atoms with Crippen LogP contribution in [0.3, 0.4) is 0 Å². The maximum absolute atomic E-state index is 4.89. The molecule has 3 aromatic rings. The van der Waals surface area contributed by atoms with Crippen molar-refractivity contribution in [3.8, 4) is 0 Å². The SMILES string of the molecule is Cc1cc(N2CCN(c3nc(C)nc4cnccc34)CC2)nc(N2CCCC2)n1. The lowest BCUT2D eigenvalue weighted by atomic mass is 10.2. The molecule has 0 aliphatic carbocycles. The van der Waals surface area contributed by atoms with E-state index in [0.29, 0.717) is 0 Å². The summed E-state index contributed by atoms with van der Waals surface area (Å²) in [5, 5.41) is 1.06. The van der Waals surface area contributed by atoms with Crippen LogP contribution >= 0.6 is 0 Å². The quantitative estimate of drug-likeness (QED) is 0.675. The van der Waals surface area contributed by atoms with Crippen molar-refractivity contribution >= 4 is 28.5 Å². The van der Waals surface area contributed by atoms with E-state index in [4.69, 9.17) is 9.97 Å². The highest BCUT2D eigenvalue weighted by Gasteiger charge is 2.23. The minimum Gasteiger partial charge on any atom is -0.353 e. The zero-order valence-corrected chi connectivity index (χ0v) is 17.0. The standard InChI is InChI=1S/C21H26N8/c1-15-13-19(26-21(23-15)29-7-3-4-8-29)27-9-11-28(12-10-27)20-17-5-6-22-14-18(17)24-16(2)25-20/h5-6,13-14H,3-4,7-12H2,1-2H3. The van der Waals surface area contributed by atoms with E-state index in [-0.39, 0.29) is 0 Å². The molecule has 8 nitrogen and oxygen atoms in total. The summed E-state index contributed by atoms with van der Waals surface area (Å²) in [6.45, 7) is 9.74. The first-order valence-electron chi connectivity index (χ1n) is 10.4. The lowest BCUT2D eigenvalue weighted by Gasteiger charge is -2.36. The fourth-order valence-corrected chi connectivity index (χ4v) is 4.22. The summed E-state index contributed by atoms with van der Waals surface area (Å²) in [6.07, 6.45) is 6.08. The van der Waals surface area contributed by atoms with Crippen LogP contribution in [-0.4, -0.2) is 64.2 Å². The van der Waals surface area contributed by atoms with Gasteiger partial charge in [-0.1, -0.05) is 0 Å². The van der Waals surface area contributed by atoms with Crippen LogP contribution in [0.2, 0.25) is 0 Å². The number of pyridine rings is 1. The number of aromatic nitrogens is 5. The average molecular weight is 390 g/mol. The van der Waals surface area contributed by atoms with Gasteiger partial charge < -0.3 is 14.7 Å². The van der Waals surface area contributed by atoms with E-state index in [1.807, 2.05) is 25.4 Å². The Bertz CT molecular complexity index is 1020. The minimum absolute atomic E-state index is 0.782. The van der Waals surface area contributed by atoms with Crippen molar-refractivity contribution in [2.75, 3.05) is 54.0 Å². The van der Waals surface area contributed by atoms with Crippen molar-refractivity contribution in [1.82, 2.24) is 24.9 Å². The number of aryl methyl sites for hydroxylation is 2. The highest BCUT2D eigenvalue weighted by molar-refractivity contribution is 5.88. The van der Waals surface area contributed by atoms with Crippen LogP contribution in [0, 0.1) is 13.8 Å². The first kappa shape index (κ1) is 18.0. The number of rotatable bonds is 3. The number of nitrogens with zero attached hydrogens (tertiary/aromatic N) is 8. The average Bonchev–Trinajstić information content (AvgIpc) is 3.28. The number of hydrogen-bond donors (Lipinski definition) is 0. The van der Waals surface area contributed by atoms with Gasteiger partial charge in [0.2, 0.25) is 5.95 Å². The molecule has 5 rings (SSSR count). The first-order chi connectivity index (χ1) is 14.2. The predicted molar refractivity (Wildman–Crippen MR) is 115 cm³/mol. The number of fused-ring (bicyclic) bond motifs is 1. The van der Waals surface area contributed by atoms with Crippen LogP contribution in [0.1, 0.15) is 24.4 Å². The Morgan fingerprint density at radius 2 is 1.55 bits per heavy atom. The fraction of sp³-hybridized carbons (Fsp3) is 0.476. The predicted octanol–water partition coefficient (Wildman–Crippen LogP) is 2.36. The summed E-state index contributed by atoms with van der Waals surface area (Å²) in [5.41, 5.74) is 1.93. The summed E-state index contributed by atoms with van der Waals surface area (Å²) >= 11 is 0. The van der Waals surface area contributed by atoms with E-state index in [1.165, 1.54) is 12.8 Å². The Morgan fingerprint density at radius 3 is 2.34 bits per heavy atom. The number of piperazine rings is 1. The largest absolute Gasteiger partial charge is 0.353 e. The van der Waals surface area contributed by atoms with Crippen molar-refractivity contribution in [3.63, 3.8) is 0 Å². The van der Waals surface area contributed by atoms with Gasteiger partial charge in [-0.25, -0.2) is 15.0 Å². The maximum Gasteiger partial charge on any atom is 0.227 e. The van der Waals surface area contributed by atoms with Crippen molar-refractivity contribution in [2.45, 2.75) is 26.7 Å². The molecular formula is C21H26N8. The van der Waals surface area contributed by atoms with Gasteiger partial charge in [0.25, 0.3) is 0 Å². The number of hydrogen-bond acceptors (Lipinski definition) is 8. The van der Waals surface area contributed by atoms with Crippen molar-refractivity contribution in [2.24, 2.45) is 0 Å². The van der Waals surface area contributed by atoms with Crippen LogP contribution in [0.25, 0.3) is 10.9 Å². The van der Waals surface area contributed by atoms with Crippen molar-refractivity contribution in [3.05, 3.63) is 36.0 Å². The third kappa shape index (κ3) is 3.54. The van der Waals surface area contributed by atoms with Crippen molar-refractivity contribution in [1.29, 1.82) is 0 Å². The van der Waals surface area contributed by atoms with E-state index in [9.17, 15) is 0 Å². The van der Waals surface area contributed by atoms with Crippen LogP contribution < -0.4 is 14.7 Å². The minimum atomic E-state index is 0.782. The molecule has 0 spiro atoms. The van der Waals surface area contributed by atoms with E-state index in [1.54, 1.807) is 0 Å². The number of anilines is 3. The molecule has 2 fully saturated rings. The molecule has 8 heteroatoms. The third-order valence-corrected chi connectivity index (χ3v) is 5.71. The molecule has 0 radical (unpaired) electrons. The van der Waals surface area contributed by atoms with E-state index >= 15 is 0 Å². The molecule has 0 N–H and O–H groups in total. The molecule has 2 aliphatic rings. The second kappa shape index (κ2) is 7.42. The van der Waals surface area contributed by atoms with Gasteiger partial charge in [0, 0.05) is 62.6 Å². The molecule has 0 saturated carbocycles. The van der Waals surface area contributed by atoms with Gasteiger partial charge in [-0.05, 0) is 32.8 Å². The zero-order chi connectivity index (χ0) is 19.8. The molecule has 5 heterocycles. The summed E-state index contributed by atoms with van der Waals surface area (Å²) in [4.78, 5) is 30.0. The Morgan fingerprint density at radius 1 is 0.793 bits per heavy atom. The molecule has 3 aromatic heterocycles. The molecule has 0 aromatic carbocycles. The topological polar surface area (TPSA) is 74.2 Å². The van der Waals surface area contributed by atoms with Gasteiger partial charge in [0.05, 0.1) is 11.7 Å². The summed E-state index contributed by atoms with van der Waals surface area (Å²) in [6, 6.07) is 4.11. The lowest BCUT2D eigenvalue weighted by molar-refractivity contribution is 0.640. The summed E-state index contributed by atoms with van der Waals surface area (Å²) in [5.74, 6) is 3.70. The Balaban J connectivity index is 1.36. The Kier molecular flexibility index (Phi) is 4.61. The molecule has 150 valence electrons. The van der Waals surface area contributed by atoms with Crippen LogP contribution in [-0.2, 0) is 0 Å². The zero-order valence-electron chi connectivity index (χ0n) is 17.0. The van der Waals surface area contributed by atoms with E-state index in [0.717, 1.165) is 79.3 Å². The van der Waals surface area contributed by atoms with Gasteiger partial charge in [-0.3, -0.25) is 4.98 Å². The molecular weight excluding hydrogens is 364 g/mol. The smallest absolute Gasteiger partial charge is 0.227 e. The molecule has 2 saturated heterocycles. The van der Waals surface area contributed by atoms with Crippen molar-refractivity contribution < 1.29 is 0 Å². The van der Waals surface area contributed by atoms with Gasteiger partial charge in [0.1, 0.15) is 17.5 Å². The second-order valence-corrected chi connectivity index (χ2v) is 7.82. The lowest BCUT2D eigenvalue weighted by Crippen LogP contribution is -2.47. The van der Waals surface area contributed by atoms with E-state index < -0.39 is 0 Å². The highest BCUT2D eigenvalue weighted by atomic mass is 15.3. The Labute approximate surface area is 170 Å². The second-order valence-electron chi connectivity index (χ2n) is 7.82. The van der Waals surface area contributed by atoms with Gasteiger partial charge in [-0.2, -0.15) is 4.98 Å². The van der Waals surface area contributed by atoms with Gasteiger partial charge >= 0.3 is 0 Å². The normalized spacial score (nSPS) is 17.4. The highest BCUT2D eigenvalue weighted by Crippen LogP contribution is 2.26. The summed E-state index contributed by atoms with van der Waals surface area (Å²) < 4.78 is 0. The molecule has 2 aliphatic heterocycles. The van der Waals surface area contributed by atoms with E-state index in [2.05, 4.69) is 42.6 Å². The molecule has 0 atom stereocenters. The maximum atomic E-state index is 4.89. The van der Waals surface area contributed by atoms with Crippen LogP contribution in [0.5, 0.6) is 0 Å². The van der Waals surface area contributed by atoms with Gasteiger partial charge in [-0.15, -0.1) is 0 Å². The van der Waals surface area contributed by atoms with Crippen LogP contribution in [0.4, 0.5) is 17.6 Å². The van der Waals surface area contributed by atoms with Gasteiger partial charge in [0.15, 0.2) is 0 Å². The summed E-state index contributed by atoms with van der Waals surface area (Å²) in [7, 11) is 0. The molecule has 0 amide bonds. The monoisotopic (exact) mass is 390 g/mol. The first-order valence-corrected chi connectivity index (χ1v) is 10.4.